The molecule has 1 aromatic rings. The van der Waals surface area contributed by atoms with E-state index in [1.165, 1.54) is 0 Å². The zero-order chi connectivity index (χ0) is 13.0. The summed E-state index contributed by atoms with van der Waals surface area (Å²) in [4.78, 5) is 21.4. The number of thiazole rings is 1. The number of anilines is 1. The SMILES string of the molecule is CCC(=O)NCc1cnc(N2CCN(C)CC2)s1. The summed E-state index contributed by atoms with van der Waals surface area (Å²) < 4.78 is 0. The van der Waals surface area contributed by atoms with Crippen LogP contribution in [-0.4, -0.2) is 49.0 Å². The fraction of sp³-hybridized carbons (Fsp3) is 0.667. The molecule has 0 unspecified atom stereocenters. The topological polar surface area (TPSA) is 48.5 Å². The monoisotopic (exact) mass is 268 g/mol. The second-order valence-electron chi connectivity index (χ2n) is 4.53. The Hall–Kier alpha value is -1.14. The average Bonchev–Trinajstić information content (AvgIpc) is 2.85. The summed E-state index contributed by atoms with van der Waals surface area (Å²) in [6.45, 7) is 6.69. The van der Waals surface area contributed by atoms with Gasteiger partial charge >= 0.3 is 0 Å². The van der Waals surface area contributed by atoms with Crippen LogP contribution in [0, 0.1) is 0 Å². The third kappa shape index (κ3) is 3.43. The van der Waals surface area contributed by atoms with Gasteiger partial charge in [-0.05, 0) is 7.05 Å². The van der Waals surface area contributed by atoms with Crippen LogP contribution in [0.4, 0.5) is 5.13 Å². The van der Waals surface area contributed by atoms with Gasteiger partial charge in [0.25, 0.3) is 0 Å². The molecule has 1 aliphatic heterocycles. The van der Waals surface area contributed by atoms with Gasteiger partial charge in [0, 0.05) is 43.7 Å². The van der Waals surface area contributed by atoms with Gasteiger partial charge < -0.3 is 15.1 Å². The lowest BCUT2D eigenvalue weighted by Crippen LogP contribution is -2.44. The van der Waals surface area contributed by atoms with Crippen molar-refractivity contribution in [3.05, 3.63) is 11.1 Å². The summed E-state index contributed by atoms with van der Waals surface area (Å²) in [7, 11) is 2.14. The van der Waals surface area contributed by atoms with Crippen LogP contribution in [0.1, 0.15) is 18.2 Å². The molecule has 1 N–H and O–H groups in total. The molecular weight excluding hydrogens is 248 g/mol. The lowest BCUT2D eigenvalue weighted by Gasteiger charge is -2.32. The number of carbonyl (C=O) groups excluding carboxylic acids is 1. The van der Waals surface area contributed by atoms with Crippen molar-refractivity contribution in [2.75, 3.05) is 38.1 Å². The van der Waals surface area contributed by atoms with Crippen LogP contribution >= 0.6 is 11.3 Å². The van der Waals surface area contributed by atoms with Crippen LogP contribution in [0.25, 0.3) is 0 Å². The summed E-state index contributed by atoms with van der Waals surface area (Å²) in [6, 6.07) is 0. The molecule has 1 fully saturated rings. The number of aromatic nitrogens is 1. The minimum absolute atomic E-state index is 0.0875. The highest BCUT2D eigenvalue weighted by Gasteiger charge is 2.16. The van der Waals surface area contributed by atoms with Crippen molar-refractivity contribution in [1.82, 2.24) is 15.2 Å². The molecular formula is C12H20N4OS. The van der Waals surface area contributed by atoms with Crippen LogP contribution in [0.2, 0.25) is 0 Å². The Balaban J connectivity index is 1.87. The van der Waals surface area contributed by atoms with E-state index in [-0.39, 0.29) is 5.91 Å². The highest BCUT2D eigenvalue weighted by atomic mass is 32.1. The molecule has 0 saturated carbocycles. The predicted molar refractivity (Wildman–Crippen MR) is 74.0 cm³/mol. The van der Waals surface area contributed by atoms with E-state index in [9.17, 15) is 4.79 Å². The van der Waals surface area contributed by atoms with Crippen LogP contribution in [0.15, 0.2) is 6.20 Å². The van der Waals surface area contributed by atoms with Crippen molar-refractivity contribution >= 4 is 22.4 Å². The van der Waals surface area contributed by atoms with E-state index in [4.69, 9.17) is 0 Å². The Bertz CT molecular complexity index is 399. The number of likely N-dealkylation sites (N-methyl/N-ethyl adjacent to an activating group) is 1. The maximum absolute atomic E-state index is 11.2. The minimum atomic E-state index is 0.0875. The maximum Gasteiger partial charge on any atom is 0.220 e. The van der Waals surface area contributed by atoms with Gasteiger partial charge in [-0.2, -0.15) is 0 Å². The number of hydrogen-bond acceptors (Lipinski definition) is 5. The summed E-state index contributed by atoms with van der Waals surface area (Å²) in [5.74, 6) is 0.0875. The molecule has 6 heteroatoms. The smallest absolute Gasteiger partial charge is 0.220 e. The van der Waals surface area contributed by atoms with E-state index in [0.717, 1.165) is 36.2 Å². The van der Waals surface area contributed by atoms with Crippen molar-refractivity contribution in [2.45, 2.75) is 19.9 Å². The molecule has 1 saturated heterocycles. The zero-order valence-electron chi connectivity index (χ0n) is 11.0. The molecule has 1 aliphatic rings. The number of hydrogen-bond donors (Lipinski definition) is 1. The van der Waals surface area contributed by atoms with E-state index >= 15 is 0 Å². The number of nitrogens with one attached hydrogen (secondary N) is 1. The lowest BCUT2D eigenvalue weighted by molar-refractivity contribution is -0.120. The minimum Gasteiger partial charge on any atom is -0.351 e. The van der Waals surface area contributed by atoms with E-state index in [2.05, 4.69) is 27.1 Å². The average molecular weight is 268 g/mol. The van der Waals surface area contributed by atoms with Gasteiger partial charge in [-0.1, -0.05) is 6.92 Å². The standard InChI is InChI=1S/C12H20N4OS/c1-3-11(17)13-8-10-9-14-12(18-10)16-6-4-15(2)5-7-16/h9H,3-8H2,1-2H3,(H,13,17). The molecule has 5 nitrogen and oxygen atoms in total. The van der Waals surface area contributed by atoms with Gasteiger partial charge in [0.1, 0.15) is 0 Å². The summed E-state index contributed by atoms with van der Waals surface area (Å²) in [5.41, 5.74) is 0. The molecule has 0 spiro atoms. The molecule has 100 valence electrons. The van der Waals surface area contributed by atoms with E-state index in [1.807, 2.05) is 13.1 Å². The molecule has 0 bridgehead atoms. The predicted octanol–water partition coefficient (Wildman–Crippen LogP) is 0.921. The largest absolute Gasteiger partial charge is 0.351 e. The lowest BCUT2D eigenvalue weighted by atomic mass is 10.3. The second-order valence-corrected chi connectivity index (χ2v) is 5.62. The molecule has 0 aliphatic carbocycles. The van der Waals surface area contributed by atoms with Gasteiger partial charge in [-0.15, -0.1) is 11.3 Å². The van der Waals surface area contributed by atoms with E-state index in [1.54, 1.807) is 11.3 Å². The molecule has 1 amide bonds. The van der Waals surface area contributed by atoms with Gasteiger partial charge in [-0.3, -0.25) is 4.79 Å². The van der Waals surface area contributed by atoms with E-state index < -0.39 is 0 Å². The number of carbonyl (C=O) groups is 1. The molecule has 0 radical (unpaired) electrons. The molecule has 0 aromatic carbocycles. The maximum atomic E-state index is 11.2. The Morgan fingerprint density at radius 1 is 1.44 bits per heavy atom. The van der Waals surface area contributed by atoms with Crippen molar-refractivity contribution in [2.24, 2.45) is 0 Å². The summed E-state index contributed by atoms with van der Waals surface area (Å²) in [6.07, 6.45) is 2.40. The Labute approximate surface area is 112 Å². The number of amides is 1. The van der Waals surface area contributed by atoms with Crippen molar-refractivity contribution in [1.29, 1.82) is 0 Å². The first-order valence-electron chi connectivity index (χ1n) is 6.34. The highest BCUT2D eigenvalue weighted by molar-refractivity contribution is 7.15. The van der Waals surface area contributed by atoms with Crippen molar-refractivity contribution < 1.29 is 4.79 Å². The third-order valence-corrected chi connectivity index (χ3v) is 4.15. The summed E-state index contributed by atoms with van der Waals surface area (Å²) >= 11 is 1.67. The quantitative estimate of drug-likeness (QED) is 0.882. The number of nitrogens with zero attached hydrogens (tertiary/aromatic N) is 3. The second kappa shape index (κ2) is 6.15. The molecule has 2 rings (SSSR count). The van der Waals surface area contributed by atoms with Crippen LogP contribution in [0.3, 0.4) is 0 Å². The Morgan fingerprint density at radius 2 is 2.17 bits per heavy atom. The van der Waals surface area contributed by atoms with Crippen LogP contribution < -0.4 is 10.2 Å². The first-order valence-corrected chi connectivity index (χ1v) is 7.15. The molecule has 18 heavy (non-hydrogen) atoms. The van der Waals surface area contributed by atoms with Gasteiger partial charge in [0.15, 0.2) is 5.13 Å². The Morgan fingerprint density at radius 3 is 2.83 bits per heavy atom. The van der Waals surface area contributed by atoms with Gasteiger partial charge in [0.05, 0.1) is 6.54 Å². The number of rotatable bonds is 4. The van der Waals surface area contributed by atoms with Crippen molar-refractivity contribution in [3.63, 3.8) is 0 Å². The highest BCUT2D eigenvalue weighted by Crippen LogP contribution is 2.23. The molecule has 0 atom stereocenters. The van der Waals surface area contributed by atoms with Crippen molar-refractivity contribution in [3.8, 4) is 0 Å². The summed E-state index contributed by atoms with van der Waals surface area (Å²) in [5, 5.41) is 3.95. The fourth-order valence-electron chi connectivity index (χ4n) is 1.83. The first kappa shape index (κ1) is 13.3. The normalized spacial score (nSPS) is 16.9. The van der Waals surface area contributed by atoms with Gasteiger partial charge in [-0.25, -0.2) is 4.98 Å². The van der Waals surface area contributed by atoms with Gasteiger partial charge in [0.2, 0.25) is 5.91 Å². The Kier molecular flexibility index (Phi) is 4.54. The molecule has 2 heterocycles. The third-order valence-electron chi connectivity index (χ3n) is 3.10. The zero-order valence-corrected chi connectivity index (χ0v) is 11.8. The molecule has 1 aromatic heterocycles. The fourth-order valence-corrected chi connectivity index (χ4v) is 2.73. The van der Waals surface area contributed by atoms with E-state index in [0.29, 0.717) is 13.0 Å². The van der Waals surface area contributed by atoms with Crippen LogP contribution in [0.5, 0.6) is 0 Å². The van der Waals surface area contributed by atoms with Crippen LogP contribution in [-0.2, 0) is 11.3 Å². The first-order chi connectivity index (χ1) is 8.69. The number of piperazine rings is 1.